The fourth-order valence-electron chi connectivity index (χ4n) is 3.64. The van der Waals surface area contributed by atoms with Gasteiger partial charge in [-0.25, -0.2) is 4.68 Å². The van der Waals surface area contributed by atoms with E-state index >= 15 is 0 Å². The van der Waals surface area contributed by atoms with Gasteiger partial charge in [0.2, 0.25) is 0 Å². The van der Waals surface area contributed by atoms with E-state index in [1.54, 1.807) is 6.07 Å². The van der Waals surface area contributed by atoms with E-state index in [0.717, 1.165) is 30.5 Å². The first-order chi connectivity index (χ1) is 10.8. The molecule has 0 aliphatic heterocycles. The second kappa shape index (κ2) is 5.52. The fraction of sp³-hybridized carbons (Fsp3) is 0.389. The highest BCUT2D eigenvalue weighted by atomic mass is 16.1. The number of aromatic nitrogens is 3. The smallest absolute Gasteiger partial charge is 0.266 e. The molecule has 0 amide bonds. The third kappa shape index (κ3) is 2.39. The van der Waals surface area contributed by atoms with Crippen LogP contribution >= 0.6 is 0 Å². The van der Waals surface area contributed by atoms with Crippen LogP contribution in [-0.4, -0.2) is 14.8 Å². The molecular formula is C18H21N3O. The van der Waals surface area contributed by atoms with Crippen molar-refractivity contribution in [2.75, 3.05) is 0 Å². The van der Waals surface area contributed by atoms with Crippen LogP contribution in [0.5, 0.6) is 0 Å². The van der Waals surface area contributed by atoms with Crippen molar-refractivity contribution in [3.05, 3.63) is 58.1 Å². The summed E-state index contributed by atoms with van der Waals surface area (Å²) in [6.45, 7) is 0. The van der Waals surface area contributed by atoms with Crippen molar-refractivity contribution in [3.8, 4) is 0 Å². The van der Waals surface area contributed by atoms with Crippen LogP contribution in [0.2, 0.25) is 0 Å². The predicted molar refractivity (Wildman–Crippen MR) is 88.3 cm³/mol. The van der Waals surface area contributed by atoms with Gasteiger partial charge in [-0.05, 0) is 24.5 Å². The van der Waals surface area contributed by atoms with Gasteiger partial charge in [-0.1, -0.05) is 37.5 Å². The van der Waals surface area contributed by atoms with Gasteiger partial charge < -0.3 is 4.98 Å². The molecule has 1 aliphatic carbocycles. The lowest BCUT2D eigenvalue weighted by Gasteiger charge is -2.22. The maximum Gasteiger partial charge on any atom is 0.266 e. The van der Waals surface area contributed by atoms with Gasteiger partial charge in [0, 0.05) is 35.3 Å². The highest BCUT2D eigenvalue weighted by Gasteiger charge is 2.18. The largest absolute Gasteiger partial charge is 0.361 e. The van der Waals surface area contributed by atoms with E-state index in [4.69, 9.17) is 0 Å². The van der Waals surface area contributed by atoms with Gasteiger partial charge in [0.05, 0.1) is 6.04 Å². The molecule has 2 heterocycles. The monoisotopic (exact) mass is 295 g/mol. The van der Waals surface area contributed by atoms with Crippen LogP contribution in [0, 0.1) is 0 Å². The zero-order valence-electron chi connectivity index (χ0n) is 12.6. The molecule has 1 aliphatic rings. The van der Waals surface area contributed by atoms with Crippen LogP contribution in [0.1, 0.15) is 49.4 Å². The second-order valence-corrected chi connectivity index (χ2v) is 6.32. The van der Waals surface area contributed by atoms with E-state index < -0.39 is 0 Å². The number of para-hydroxylation sites is 1. The number of hydrogen-bond acceptors (Lipinski definition) is 1. The molecule has 0 spiro atoms. The minimum atomic E-state index is 0.113. The zero-order chi connectivity index (χ0) is 14.9. The third-order valence-electron chi connectivity index (χ3n) is 4.79. The van der Waals surface area contributed by atoms with Crippen molar-refractivity contribution in [3.63, 3.8) is 0 Å². The van der Waals surface area contributed by atoms with Crippen molar-refractivity contribution in [2.45, 2.75) is 44.6 Å². The summed E-state index contributed by atoms with van der Waals surface area (Å²) in [4.78, 5) is 15.5. The molecule has 1 fully saturated rings. The number of benzene rings is 1. The van der Waals surface area contributed by atoms with Crippen LogP contribution in [0.15, 0.2) is 41.3 Å². The quantitative estimate of drug-likeness (QED) is 0.759. The topological polar surface area (TPSA) is 53.6 Å². The minimum Gasteiger partial charge on any atom is -0.361 e. The lowest BCUT2D eigenvalue weighted by atomic mass is 9.96. The highest BCUT2D eigenvalue weighted by Crippen LogP contribution is 2.26. The summed E-state index contributed by atoms with van der Waals surface area (Å²) in [5.74, 6) is 0. The molecule has 3 aromatic rings. The average Bonchev–Trinajstić information content (AvgIpc) is 3.13. The molecule has 4 rings (SSSR count). The summed E-state index contributed by atoms with van der Waals surface area (Å²) in [5.41, 5.74) is 3.49. The molecule has 4 heteroatoms. The molecular weight excluding hydrogens is 274 g/mol. The Bertz CT molecular complexity index is 833. The van der Waals surface area contributed by atoms with Crippen LogP contribution in [-0.2, 0) is 6.42 Å². The summed E-state index contributed by atoms with van der Waals surface area (Å²) in [6.07, 6.45) is 8.80. The Morgan fingerprint density at radius 2 is 1.95 bits per heavy atom. The van der Waals surface area contributed by atoms with Gasteiger partial charge in [-0.2, -0.15) is 0 Å². The Kier molecular flexibility index (Phi) is 3.37. The number of nitrogens with one attached hydrogen (secondary N) is 2. The van der Waals surface area contributed by atoms with Crippen LogP contribution < -0.4 is 5.56 Å². The van der Waals surface area contributed by atoms with Crippen molar-refractivity contribution in [2.24, 2.45) is 0 Å². The van der Waals surface area contributed by atoms with Gasteiger partial charge in [-0.3, -0.25) is 9.89 Å². The Morgan fingerprint density at radius 1 is 1.14 bits per heavy atom. The normalized spacial score (nSPS) is 16.4. The summed E-state index contributed by atoms with van der Waals surface area (Å²) >= 11 is 0. The highest BCUT2D eigenvalue weighted by molar-refractivity contribution is 5.83. The summed E-state index contributed by atoms with van der Waals surface area (Å²) < 4.78 is 1.85. The van der Waals surface area contributed by atoms with Gasteiger partial charge in [0.25, 0.3) is 5.56 Å². The zero-order valence-corrected chi connectivity index (χ0v) is 12.6. The van der Waals surface area contributed by atoms with Gasteiger partial charge in [0.15, 0.2) is 0 Å². The molecule has 1 saturated carbocycles. The predicted octanol–water partition coefficient (Wildman–Crippen LogP) is 3.75. The molecule has 0 bridgehead atoms. The Labute approximate surface area is 129 Å². The molecule has 0 unspecified atom stereocenters. The molecule has 4 nitrogen and oxygen atoms in total. The maximum absolute atomic E-state index is 12.3. The van der Waals surface area contributed by atoms with E-state index in [2.05, 4.69) is 28.3 Å². The molecule has 0 atom stereocenters. The Balaban J connectivity index is 1.62. The van der Waals surface area contributed by atoms with Crippen LogP contribution in [0.25, 0.3) is 10.9 Å². The number of nitrogens with zero attached hydrogens (tertiary/aromatic N) is 1. The Morgan fingerprint density at radius 3 is 2.82 bits per heavy atom. The number of rotatable bonds is 3. The lowest BCUT2D eigenvalue weighted by Crippen LogP contribution is -2.23. The molecule has 0 saturated heterocycles. The van der Waals surface area contributed by atoms with E-state index in [0.29, 0.717) is 6.04 Å². The molecule has 1 aromatic carbocycles. The SMILES string of the molecule is O=c1cc(Cc2c[nH]c3ccccc23)[nH]n1C1CCCCC1. The van der Waals surface area contributed by atoms with Crippen LogP contribution in [0.4, 0.5) is 0 Å². The van der Waals surface area contributed by atoms with Gasteiger partial charge in [0.1, 0.15) is 0 Å². The van der Waals surface area contributed by atoms with Gasteiger partial charge in [-0.15, -0.1) is 0 Å². The first-order valence-electron chi connectivity index (χ1n) is 8.17. The summed E-state index contributed by atoms with van der Waals surface area (Å²) in [7, 11) is 0. The number of fused-ring (bicyclic) bond motifs is 1. The van der Waals surface area contributed by atoms with E-state index in [1.807, 2.05) is 16.9 Å². The first-order valence-corrected chi connectivity index (χ1v) is 8.17. The summed E-state index contributed by atoms with van der Waals surface area (Å²) in [6, 6.07) is 10.4. The first kappa shape index (κ1) is 13.4. The number of H-pyrrole nitrogens is 2. The van der Waals surface area contributed by atoms with Crippen molar-refractivity contribution < 1.29 is 0 Å². The van der Waals surface area contributed by atoms with E-state index in [-0.39, 0.29) is 5.56 Å². The molecule has 2 aromatic heterocycles. The maximum atomic E-state index is 12.3. The third-order valence-corrected chi connectivity index (χ3v) is 4.79. The molecule has 22 heavy (non-hydrogen) atoms. The second-order valence-electron chi connectivity index (χ2n) is 6.32. The standard InChI is InChI=1S/C18H21N3O/c22-18-11-14(20-21(18)15-6-2-1-3-7-15)10-13-12-19-17-9-5-4-8-16(13)17/h4-5,8-9,11-12,15,19-20H,1-3,6-7,10H2. The summed E-state index contributed by atoms with van der Waals surface area (Å²) in [5, 5.41) is 4.57. The van der Waals surface area contributed by atoms with Gasteiger partial charge >= 0.3 is 0 Å². The number of hydrogen-bond donors (Lipinski definition) is 2. The van der Waals surface area contributed by atoms with Crippen molar-refractivity contribution in [1.82, 2.24) is 14.8 Å². The molecule has 114 valence electrons. The fourth-order valence-corrected chi connectivity index (χ4v) is 3.64. The number of aromatic amines is 2. The van der Waals surface area contributed by atoms with Crippen molar-refractivity contribution in [1.29, 1.82) is 0 Å². The lowest BCUT2D eigenvalue weighted by molar-refractivity contribution is 0.322. The molecule has 0 radical (unpaired) electrons. The minimum absolute atomic E-state index is 0.113. The van der Waals surface area contributed by atoms with Crippen molar-refractivity contribution >= 4 is 10.9 Å². The van der Waals surface area contributed by atoms with E-state index in [9.17, 15) is 4.79 Å². The van der Waals surface area contributed by atoms with E-state index in [1.165, 1.54) is 30.2 Å². The molecule has 2 N–H and O–H groups in total. The van der Waals surface area contributed by atoms with Crippen LogP contribution in [0.3, 0.4) is 0 Å². The Hall–Kier alpha value is -2.23. The average molecular weight is 295 g/mol.